The van der Waals surface area contributed by atoms with Crippen molar-refractivity contribution in [1.82, 2.24) is 14.9 Å². The van der Waals surface area contributed by atoms with Gasteiger partial charge < -0.3 is 14.4 Å². The molecule has 2 aromatic heterocycles. The summed E-state index contributed by atoms with van der Waals surface area (Å²) >= 11 is 1.68. The monoisotopic (exact) mass is 545 g/mol. The normalized spacial score (nSPS) is 20.8. The molecule has 2 atom stereocenters. The summed E-state index contributed by atoms with van der Waals surface area (Å²) in [4.78, 5) is 25.6. The quantitative estimate of drug-likeness (QED) is 0.239. The average molecular weight is 546 g/mol. The zero-order valence-electron chi connectivity index (χ0n) is 23.7. The third-order valence-corrected chi connectivity index (χ3v) is 9.20. The van der Waals surface area contributed by atoms with Gasteiger partial charge in [-0.15, -0.1) is 11.3 Å². The van der Waals surface area contributed by atoms with Gasteiger partial charge in [-0.3, -0.25) is 4.79 Å². The fourth-order valence-electron chi connectivity index (χ4n) is 6.24. The van der Waals surface area contributed by atoms with Gasteiger partial charge in [-0.05, 0) is 67.9 Å². The van der Waals surface area contributed by atoms with E-state index in [-0.39, 0.29) is 24.7 Å². The van der Waals surface area contributed by atoms with Crippen LogP contribution in [0.25, 0.3) is 27.2 Å². The molecule has 39 heavy (non-hydrogen) atoms. The highest BCUT2D eigenvalue weighted by Crippen LogP contribution is 2.42. The summed E-state index contributed by atoms with van der Waals surface area (Å²) in [7, 11) is 3.18. The third-order valence-electron chi connectivity index (χ3n) is 8.10. The molecule has 1 saturated carbocycles. The zero-order chi connectivity index (χ0) is 27.5. The maximum atomic E-state index is 12.7. The molecule has 2 unspecified atom stereocenters. The number of carbonyl (C=O) groups is 1. The van der Waals surface area contributed by atoms with Gasteiger partial charge in [-0.1, -0.05) is 50.5 Å². The minimum atomic E-state index is -0.268. The van der Waals surface area contributed by atoms with Gasteiger partial charge >= 0.3 is 5.97 Å². The van der Waals surface area contributed by atoms with Gasteiger partial charge in [-0.25, -0.2) is 9.97 Å². The highest BCUT2D eigenvalue weighted by Gasteiger charge is 2.33. The fourth-order valence-corrected chi connectivity index (χ4v) is 7.13. The molecule has 6 nitrogen and oxygen atoms in total. The highest BCUT2D eigenvalue weighted by atomic mass is 32.1. The van der Waals surface area contributed by atoms with Crippen molar-refractivity contribution < 1.29 is 14.3 Å². The number of hydrogen-bond donors (Lipinski definition) is 0. The number of ether oxygens (including phenoxy) is 2. The predicted molar refractivity (Wildman–Crippen MR) is 158 cm³/mol. The van der Waals surface area contributed by atoms with Gasteiger partial charge in [0.2, 0.25) is 0 Å². The first-order chi connectivity index (χ1) is 18.9. The van der Waals surface area contributed by atoms with Crippen LogP contribution >= 0.6 is 11.3 Å². The summed E-state index contributed by atoms with van der Waals surface area (Å²) in [6.07, 6.45) is 11.1. The number of fused-ring (bicyclic) bond motifs is 1. The van der Waals surface area contributed by atoms with Crippen LogP contribution in [0.5, 0.6) is 0 Å². The minimum absolute atomic E-state index is 0.139. The highest BCUT2D eigenvalue weighted by molar-refractivity contribution is 7.15. The second-order valence-electron chi connectivity index (χ2n) is 10.7. The second kappa shape index (κ2) is 12.0. The van der Waals surface area contributed by atoms with Crippen molar-refractivity contribution in [3.8, 4) is 10.6 Å². The van der Waals surface area contributed by atoms with E-state index in [4.69, 9.17) is 14.5 Å². The Morgan fingerprint density at radius 3 is 2.56 bits per heavy atom. The predicted octanol–water partition coefficient (Wildman–Crippen LogP) is 7.31. The Hall–Kier alpha value is -3.03. The van der Waals surface area contributed by atoms with E-state index in [2.05, 4.69) is 59.3 Å². The lowest BCUT2D eigenvalue weighted by atomic mass is 9.76. The molecule has 0 radical (unpaired) electrons. The molecular weight excluding hydrogens is 506 g/mol. The number of methoxy groups -OCH3 is 2. The lowest BCUT2D eigenvalue weighted by Crippen LogP contribution is -2.41. The number of rotatable bonds is 6. The number of carbonyl (C=O) groups excluding carboxylic acids is 1. The van der Waals surface area contributed by atoms with Gasteiger partial charge in [0, 0.05) is 24.6 Å². The van der Waals surface area contributed by atoms with Crippen molar-refractivity contribution in [3.05, 3.63) is 64.3 Å². The Bertz CT molecular complexity index is 1400. The van der Waals surface area contributed by atoms with Gasteiger partial charge in [0.15, 0.2) is 0 Å². The number of esters is 1. The average Bonchev–Trinajstić information content (AvgIpc) is 3.29. The van der Waals surface area contributed by atoms with Crippen molar-refractivity contribution in [1.29, 1.82) is 0 Å². The molecule has 1 aromatic carbocycles. The van der Waals surface area contributed by atoms with Gasteiger partial charge in [-0.2, -0.15) is 0 Å². The SMILES string of the molecule is COC(=O)CN1C(c2ccc3nc(-c4sc(C)nc4C)ccc3c2)=C(C2CCCCC2)C(C)C=CCC1OC. The lowest BCUT2D eigenvalue weighted by Gasteiger charge is -2.40. The van der Waals surface area contributed by atoms with E-state index in [0.29, 0.717) is 12.3 Å². The molecule has 5 rings (SSSR count). The Balaban J connectivity index is 1.68. The van der Waals surface area contributed by atoms with E-state index in [1.165, 1.54) is 44.8 Å². The fraction of sp³-hybridized carbons (Fsp3) is 0.469. The minimum Gasteiger partial charge on any atom is -0.468 e. The van der Waals surface area contributed by atoms with E-state index in [1.807, 2.05) is 13.8 Å². The van der Waals surface area contributed by atoms with E-state index < -0.39 is 0 Å². The number of allylic oxidation sites excluding steroid dienone is 2. The Morgan fingerprint density at radius 1 is 1.08 bits per heavy atom. The van der Waals surface area contributed by atoms with Gasteiger partial charge in [0.25, 0.3) is 0 Å². The van der Waals surface area contributed by atoms with E-state index in [1.54, 1.807) is 18.4 Å². The molecule has 7 heteroatoms. The molecule has 1 fully saturated rings. The largest absolute Gasteiger partial charge is 0.468 e. The molecule has 0 N–H and O–H groups in total. The van der Waals surface area contributed by atoms with Crippen LogP contribution in [0.2, 0.25) is 0 Å². The molecular formula is C32H39N3O3S. The van der Waals surface area contributed by atoms with E-state index in [0.717, 1.165) is 43.4 Å². The molecule has 0 spiro atoms. The number of nitrogens with zero attached hydrogens (tertiary/aromatic N) is 3. The summed E-state index contributed by atoms with van der Waals surface area (Å²) in [6.45, 7) is 6.50. The summed E-state index contributed by atoms with van der Waals surface area (Å²) in [5.74, 6) is 0.463. The lowest BCUT2D eigenvalue weighted by molar-refractivity contribution is -0.143. The molecule has 3 aromatic rings. The standard InChI is InChI=1S/C32H39N3O3S/c1-20-10-9-13-28(37-4)35(19-29(36)38-5)31(30(20)23-11-7-6-8-12-23)25-15-16-26-24(18-25)14-17-27(34-26)32-21(2)33-22(3)39-32/h9-10,14-18,20,23,28H,6-8,11-13,19H2,1-5H3. The van der Waals surface area contributed by atoms with Crippen LogP contribution in [0.15, 0.2) is 48.1 Å². The van der Waals surface area contributed by atoms with Crippen molar-refractivity contribution in [2.45, 2.75) is 65.5 Å². The smallest absolute Gasteiger partial charge is 0.325 e. The number of benzene rings is 1. The van der Waals surface area contributed by atoms with Crippen LogP contribution in [0.4, 0.5) is 0 Å². The molecule has 206 valence electrons. The van der Waals surface area contributed by atoms with E-state index >= 15 is 0 Å². The summed E-state index contributed by atoms with van der Waals surface area (Å²) < 4.78 is 11.1. The first-order valence-electron chi connectivity index (χ1n) is 14.0. The summed E-state index contributed by atoms with van der Waals surface area (Å²) in [5, 5.41) is 2.12. The number of aromatic nitrogens is 2. The second-order valence-corrected chi connectivity index (χ2v) is 11.9. The van der Waals surface area contributed by atoms with Crippen molar-refractivity contribution in [3.63, 3.8) is 0 Å². The van der Waals surface area contributed by atoms with Crippen molar-refractivity contribution in [2.75, 3.05) is 20.8 Å². The van der Waals surface area contributed by atoms with Gasteiger partial charge in [0.1, 0.15) is 12.8 Å². The summed E-state index contributed by atoms with van der Waals surface area (Å²) in [5.41, 5.74) is 6.52. The molecule has 0 bridgehead atoms. The summed E-state index contributed by atoms with van der Waals surface area (Å²) in [6, 6.07) is 10.7. The molecule has 3 heterocycles. The van der Waals surface area contributed by atoms with Crippen LogP contribution in [0, 0.1) is 25.7 Å². The first kappa shape index (κ1) is 27.5. The van der Waals surface area contributed by atoms with Crippen molar-refractivity contribution in [2.24, 2.45) is 11.8 Å². The molecule has 1 aliphatic heterocycles. The maximum Gasteiger partial charge on any atom is 0.325 e. The van der Waals surface area contributed by atoms with Crippen LogP contribution in [0.1, 0.15) is 61.7 Å². The topological polar surface area (TPSA) is 64.5 Å². The zero-order valence-corrected chi connectivity index (χ0v) is 24.5. The van der Waals surface area contributed by atoms with Crippen LogP contribution in [0.3, 0.4) is 0 Å². The number of hydrogen-bond acceptors (Lipinski definition) is 7. The van der Waals surface area contributed by atoms with Crippen LogP contribution in [-0.2, 0) is 14.3 Å². The van der Waals surface area contributed by atoms with Crippen molar-refractivity contribution >= 4 is 33.9 Å². The number of pyridine rings is 1. The van der Waals surface area contributed by atoms with Gasteiger partial charge in [0.05, 0.1) is 33.9 Å². The van der Waals surface area contributed by atoms with E-state index in [9.17, 15) is 4.79 Å². The van der Waals surface area contributed by atoms with Crippen LogP contribution < -0.4 is 0 Å². The van der Waals surface area contributed by atoms with Crippen LogP contribution in [-0.4, -0.2) is 47.8 Å². The molecule has 0 amide bonds. The maximum absolute atomic E-state index is 12.7. The molecule has 2 aliphatic rings. The Labute approximate surface area is 235 Å². The first-order valence-corrected chi connectivity index (χ1v) is 14.8. The number of aryl methyl sites for hydroxylation is 2. The number of thiazole rings is 1. The third kappa shape index (κ3) is 5.80. The Morgan fingerprint density at radius 2 is 1.87 bits per heavy atom. The molecule has 0 saturated heterocycles. The molecule has 1 aliphatic carbocycles. The Kier molecular flexibility index (Phi) is 8.48.